The molecule has 1 rings (SSSR count). The third-order valence-corrected chi connectivity index (χ3v) is 3.58. The first-order chi connectivity index (χ1) is 8.84. The average molecular weight is 263 g/mol. The van der Waals surface area contributed by atoms with Crippen LogP contribution in [0.4, 0.5) is 0 Å². The van der Waals surface area contributed by atoms with Crippen molar-refractivity contribution in [3.8, 4) is 0 Å². The Balaban J connectivity index is 2.70. The van der Waals surface area contributed by atoms with Crippen LogP contribution >= 0.6 is 0 Å². The van der Waals surface area contributed by atoms with Gasteiger partial charge in [0.1, 0.15) is 0 Å². The predicted molar refractivity (Wildman–Crippen MR) is 77.9 cm³/mol. The molecular formula is C16H25NO2. The number of hydrogen-bond donors (Lipinski definition) is 1. The molecule has 1 N–H and O–H groups in total. The molecule has 0 aliphatic carbocycles. The van der Waals surface area contributed by atoms with Gasteiger partial charge in [0.15, 0.2) is 0 Å². The van der Waals surface area contributed by atoms with Gasteiger partial charge < -0.3 is 10.1 Å². The van der Waals surface area contributed by atoms with Gasteiger partial charge in [-0.3, -0.25) is 4.79 Å². The molecule has 3 heteroatoms. The highest BCUT2D eigenvalue weighted by atomic mass is 16.5. The first kappa shape index (κ1) is 15.7. The maximum atomic E-state index is 11.4. The average Bonchev–Trinajstić information content (AvgIpc) is 2.36. The van der Waals surface area contributed by atoms with Gasteiger partial charge in [0.25, 0.3) is 0 Å². The van der Waals surface area contributed by atoms with E-state index < -0.39 is 0 Å². The number of ether oxygens (including phenoxy) is 1. The molecule has 106 valence electrons. The van der Waals surface area contributed by atoms with E-state index in [9.17, 15) is 4.79 Å². The van der Waals surface area contributed by atoms with Crippen LogP contribution in [0.15, 0.2) is 24.3 Å². The first-order valence-corrected chi connectivity index (χ1v) is 6.71. The smallest absolute Gasteiger partial charge is 0.309 e. The van der Waals surface area contributed by atoms with E-state index in [1.165, 1.54) is 7.11 Å². The molecule has 19 heavy (non-hydrogen) atoms. The van der Waals surface area contributed by atoms with Gasteiger partial charge in [-0.05, 0) is 23.5 Å². The summed E-state index contributed by atoms with van der Waals surface area (Å²) in [6, 6.07) is 8.39. The quantitative estimate of drug-likeness (QED) is 0.830. The molecule has 0 fully saturated rings. The second-order valence-electron chi connectivity index (χ2n) is 5.99. The summed E-state index contributed by atoms with van der Waals surface area (Å²) in [4.78, 5) is 11.4. The fourth-order valence-corrected chi connectivity index (χ4v) is 1.70. The summed E-state index contributed by atoms with van der Waals surface area (Å²) in [6.07, 6.45) is 0.332. The Bertz CT molecular complexity index is 421. The Morgan fingerprint density at radius 3 is 2.37 bits per heavy atom. The lowest BCUT2D eigenvalue weighted by Gasteiger charge is -2.28. The Morgan fingerprint density at radius 2 is 1.84 bits per heavy atom. The normalized spacial score (nSPS) is 13.1. The molecular weight excluding hydrogens is 238 g/mol. The van der Waals surface area contributed by atoms with Crippen LogP contribution in [0.3, 0.4) is 0 Å². The Morgan fingerprint density at radius 1 is 1.26 bits per heavy atom. The van der Waals surface area contributed by atoms with E-state index in [0.717, 1.165) is 17.7 Å². The van der Waals surface area contributed by atoms with Crippen LogP contribution in [0.5, 0.6) is 0 Å². The van der Waals surface area contributed by atoms with Gasteiger partial charge in [0.2, 0.25) is 0 Å². The van der Waals surface area contributed by atoms with E-state index >= 15 is 0 Å². The zero-order valence-corrected chi connectivity index (χ0v) is 12.6. The number of methoxy groups -OCH3 is 1. The maximum absolute atomic E-state index is 11.4. The summed E-state index contributed by atoms with van der Waals surface area (Å²) < 4.78 is 4.73. The number of carbonyl (C=O) groups excluding carboxylic acids is 1. The summed E-state index contributed by atoms with van der Waals surface area (Å²) in [5.41, 5.74) is 2.41. The third-order valence-electron chi connectivity index (χ3n) is 3.58. The minimum Gasteiger partial charge on any atom is -0.469 e. The topological polar surface area (TPSA) is 38.3 Å². The van der Waals surface area contributed by atoms with E-state index in [0.29, 0.717) is 12.5 Å². The maximum Gasteiger partial charge on any atom is 0.309 e. The van der Waals surface area contributed by atoms with Crippen molar-refractivity contribution in [2.75, 3.05) is 7.11 Å². The number of carbonyl (C=O) groups is 1. The van der Waals surface area contributed by atoms with Crippen LogP contribution in [0.25, 0.3) is 0 Å². The molecule has 0 heterocycles. The molecule has 0 radical (unpaired) electrons. The van der Waals surface area contributed by atoms with Crippen molar-refractivity contribution < 1.29 is 9.53 Å². The fraction of sp³-hybridized carbons (Fsp3) is 0.562. The van der Waals surface area contributed by atoms with E-state index in [-0.39, 0.29) is 11.4 Å². The van der Waals surface area contributed by atoms with Gasteiger partial charge in [-0.25, -0.2) is 0 Å². The molecule has 1 aromatic rings. The molecule has 0 spiro atoms. The monoisotopic (exact) mass is 263 g/mol. The van der Waals surface area contributed by atoms with Gasteiger partial charge in [0.05, 0.1) is 13.5 Å². The molecule has 0 aliphatic heterocycles. The highest BCUT2D eigenvalue weighted by molar-refractivity contribution is 5.72. The van der Waals surface area contributed by atoms with Gasteiger partial charge >= 0.3 is 5.97 Å². The third kappa shape index (κ3) is 5.03. The first-order valence-electron chi connectivity index (χ1n) is 6.71. The highest BCUT2D eigenvalue weighted by Crippen LogP contribution is 2.19. The van der Waals surface area contributed by atoms with Crippen molar-refractivity contribution in [2.45, 2.75) is 46.7 Å². The van der Waals surface area contributed by atoms with E-state index in [4.69, 9.17) is 4.74 Å². The zero-order valence-electron chi connectivity index (χ0n) is 12.6. The molecule has 0 bridgehead atoms. The van der Waals surface area contributed by atoms with Crippen LogP contribution in [-0.4, -0.2) is 19.1 Å². The molecule has 0 saturated carbocycles. The van der Waals surface area contributed by atoms with E-state index in [2.05, 4.69) is 39.1 Å². The second-order valence-corrected chi connectivity index (χ2v) is 5.99. The Hall–Kier alpha value is -1.35. The lowest BCUT2D eigenvalue weighted by Crippen LogP contribution is -2.37. The number of benzene rings is 1. The standard InChI is InChI=1S/C16H25NO2/c1-12(16(2,3)4)17-11-14-9-7-6-8-13(14)10-15(18)19-5/h6-9,12,17H,10-11H2,1-5H3. The van der Waals surface area contributed by atoms with Crippen molar-refractivity contribution >= 4 is 5.97 Å². The van der Waals surface area contributed by atoms with Crippen molar-refractivity contribution in [3.63, 3.8) is 0 Å². The van der Waals surface area contributed by atoms with E-state index in [1.54, 1.807) is 0 Å². The highest BCUT2D eigenvalue weighted by Gasteiger charge is 2.19. The van der Waals surface area contributed by atoms with Crippen molar-refractivity contribution in [1.29, 1.82) is 0 Å². The van der Waals surface area contributed by atoms with Crippen LogP contribution in [0.1, 0.15) is 38.8 Å². The number of nitrogens with one attached hydrogen (secondary N) is 1. The van der Waals surface area contributed by atoms with Crippen LogP contribution < -0.4 is 5.32 Å². The second kappa shape index (κ2) is 6.71. The molecule has 3 nitrogen and oxygen atoms in total. The predicted octanol–water partition coefficient (Wildman–Crippen LogP) is 2.93. The number of hydrogen-bond acceptors (Lipinski definition) is 3. The summed E-state index contributed by atoms with van der Waals surface area (Å²) in [7, 11) is 1.42. The fourth-order valence-electron chi connectivity index (χ4n) is 1.70. The molecule has 0 amide bonds. The summed E-state index contributed by atoms with van der Waals surface area (Å²) >= 11 is 0. The molecule has 0 aliphatic rings. The number of esters is 1. The van der Waals surface area contributed by atoms with Gasteiger partial charge in [-0.1, -0.05) is 45.0 Å². The Labute approximate surface area is 116 Å². The zero-order chi connectivity index (χ0) is 14.5. The SMILES string of the molecule is COC(=O)Cc1ccccc1CNC(C)C(C)(C)C. The van der Waals surface area contributed by atoms with Gasteiger partial charge in [-0.15, -0.1) is 0 Å². The van der Waals surface area contributed by atoms with Crippen molar-refractivity contribution in [2.24, 2.45) is 5.41 Å². The van der Waals surface area contributed by atoms with Gasteiger partial charge in [-0.2, -0.15) is 0 Å². The summed E-state index contributed by atoms with van der Waals surface area (Å²) in [5.74, 6) is -0.198. The van der Waals surface area contributed by atoms with Crippen LogP contribution in [0.2, 0.25) is 0 Å². The van der Waals surface area contributed by atoms with Crippen LogP contribution in [-0.2, 0) is 22.5 Å². The van der Waals surface area contributed by atoms with Gasteiger partial charge in [0, 0.05) is 12.6 Å². The minimum absolute atomic E-state index is 0.198. The summed E-state index contributed by atoms with van der Waals surface area (Å²) in [5, 5.41) is 3.52. The van der Waals surface area contributed by atoms with E-state index in [1.807, 2.05) is 18.2 Å². The minimum atomic E-state index is -0.198. The lowest BCUT2D eigenvalue weighted by atomic mass is 9.88. The summed E-state index contributed by atoms with van der Waals surface area (Å²) in [6.45, 7) is 9.59. The Kier molecular flexibility index (Phi) is 5.55. The largest absolute Gasteiger partial charge is 0.469 e. The molecule has 0 aromatic heterocycles. The molecule has 1 atom stereocenters. The molecule has 0 saturated heterocycles. The van der Waals surface area contributed by atoms with Crippen molar-refractivity contribution in [3.05, 3.63) is 35.4 Å². The molecule has 1 unspecified atom stereocenters. The lowest BCUT2D eigenvalue weighted by molar-refractivity contribution is -0.139. The van der Waals surface area contributed by atoms with Crippen LogP contribution in [0, 0.1) is 5.41 Å². The molecule has 1 aromatic carbocycles. The van der Waals surface area contributed by atoms with Crippen molar-refractivity contribution in [1.82, 2.24) is 5.32 Å². The number of rotatable bonds is 5.